The second kappa shape index (κ2) is 6.77. The van der Waals surface area contributed by atoms with Crippen molar-refractivity contribution < 1.29 is 22.4 Å². The minimum absolute atomic E-state index is 0.102. The number of hydrogen-bond acceptors (Lipinski definition) is 5. The molecule has 26 heavy (non-hydrogen) atoms. The van der Waals surface area contributed by atoms with Gasteiger partial charge in [-0.25, -0.2) is 8.42 Å². The molecule has 0 atom stereocenters. The molecule has 0 unspecified atom stereocenters. The maximum Gasteiger partial charge on any atom is 0.261 e. The van der Waals surface area contributed by atoms with E-state index in [0.29, 0.717) is 38.2 Å². The van der Waals surface area contributed by atoms with Crippen LogP contribution in [0, 0.1) is 6.92 Å². The van der Waals surface area contributed by atoms with Crippen molar-refractivity contribution in [2.75, 3.05) is 11.8 Å². The van der Waals surface area contributed by atoms with Crippen molar-refractivity contribution in [2.45, 2.75) is 18.7 Å². The number of fused-ring (bicyclic) bond motifs is 1. The van der Waals surface area contributed by atoms with Gasteiger partial charge in [-0.3, -0.25) is 9.52 Å². The van der Waals surface area contributed by atoms with Crippen molar-refractivity contribution in [2.24, 2.45) is 0 Å². The molecule has 3 rings (SSSR count). The Kier molecular flexibility index (Phi) is 4.81. The molecular formula is C18H16BrNO5S. The maximum absolute atomic E-state index is 12.6. The third-order valence-electron chi connectivity index (χ3n) is 3.89. The summed E-state index contributed by atoms with van der Waals surface area (Å²) in [4.78, 5) is 12.0. The second-order valence-corrected chi connectivity index (χ2v) is 8.24. The minimum Gasteiger partial charge on any atom is -0.497 e. The Hall–Kier alpha value is -2.32. The van der Waals surface area contributed by atoms with Crippen molar-refractivity contribution in [1.29, 1.82) is 0 Å². The van der Waals surface area contributed by atoms with Crippen LogP contribution >= 0.6 is 15.9 Å². The smallest absolute Gasteiger partial charge is 0.261 e. The molecule has 136 valence electrons. The predicted octanol–water partition coefficient (Wildman–Crippen LogP) is 4.52. The highest BCUT2D eigenvalue weighted by molar-refractivity contribution is 9.10. The number of anilines is 1. The highest BCUT2D eigenvalue weighted by atomic mass is 79.9. The summed E-state index contributed by atoms with van der Waals surface area (Å²) in [5, 5.41) is 0.553. The first-order valence-electron chi connectivity index (χ1n) is 7.63. The number of ether oxygens (including phenoxy) is 1. The van der Waals surface area contributed by atoms with Crippen molar-refractivity contribution in [3.63, 3.8) is 0 Å². The van der Waals surface area contributed by atoms with Crippen LogP contribution in [0.5, 0.6) is 5.75 Å². The van der Waals surface area contributed by atoms with Crippen LogP contribution in [0.1, 0.15) is 23.0 Å². The average molecular weight is 438 g/mol. The molecule has 0 aliphatic carbocycles. The van der Waals surface area contributed by atoms with Crippen LogP contribution in [-0.2, 0) is 10.0 Å². The number of rotatable bonds is 5. The van der Waals surface area contributed by atoms with E-state index in [9.17, 15) is 13.2 Å². The Morgan fingerprint density at radius 2 is 1.85 bits per heavy atom. The molecule has 1 aromatic heterocycles. The lowest BCUT2D eigenvalue weighted by Crippen LogP contribution is -2.13. The summed E-state index contributed by atoms with van der Waals surface area (Å²) in [5.41, 5.74) is 1.26. The molecule has 0 bridgehead atoms. The largest absolute Gasteiger partial charge is 0.497 e. The molecule has 1 N–H and O–H groups in total. The van der Waals surface area contributed by atoms with Gasteiger partial charge in [0.05, 0.1) is 27.7 Å². The zero-order valence-electron chi connectivity index (χ0n) is 14.3. The van der Waals surface area contributed by atoms with Crippen molar-refractivity contribution in [3.8, 4) is 5.75 Å². The topological polar surface area (TPSA) is 85.6 Å². The zero-order chi connectivity index (χ0) is 19.1. The molecule has 0 aliphatic heterocycles. The fraction of sp³-hybridized carbons (Fsp3) is 0.167. The summed E-state index contributed by atoms with van der Waals surface area (Å²) in [6.45, 7) is 3.14. The van der Waals surface area contributed by atoms with Gasteiger partial charge in [0.1, 0.15) is 17.1 Å². The highest BCUT2D eigenvalue weighted by Crippen LogP contribution is 2.35. The number of furan rings is 1. The monoisotopic (exact) mass is 437 g/mol. The first-order valence-corrected chi connectivity index (χ1v) is 9.91. The first-order chi connectivity index (χ1) is 12.2. The normalized spacial score (nSPS) is 11.5. The lowest BCUT2D eigenvalue weighted by atomic mass is 10.1. The number of sulfonamides is 1. The second-order valence-electron chi connectivity index (χ2n) is 5.71. The molecule has 0 radical (unpaired) electrons. The van der Waals surface area contributed by atoms with Gasteiger partial charge in [0.25, 0.3) is 10.0 Å². The van der Waals surface area contributed by atoms with E-state index in [1.807, 2.05) is 0 Å². The Morgan fingerprint density at radius 3 is 2.42 bits per heavy atom. The van der Waals surface area contributed by atoms with Gasteiger partial charge in [0.15, 0.2) is 5.78 Å². The van der Waals surface area contributed by atoms with E-state index in [-0.39, 0.29) is 10.7 Å². The van der Waals surface area contributed by atoms with E-state index in [1.165, 1.54) is 26.2 Å². The summed E-state index contributed by atoms with van der Waals surface area (Å²) in [5.74, 6) is 0.903. The summed E-state index contributed by atoms with van der Waals surface area (Å²) in [6.07, 6.45) is 0. The molecule has 0 saturated heterocycles. The van der Waals surface area contributed by atoms with Gasteiger partial charge in [0.2, 0.25) is 0 Å². The van der Waals surface area contributed by atoms with E-state index in [0.717, 1.165) is 0 Å². The molecule has 0 aliphatic rings. The number of nitrogens with one attached hydrogen (secondary N) is 1. The number of halogens is 1. The lowest BCUT2D eigenvalue weighted by Gasteiger charge is -2.09. The first kappa shape index (κ1) is 18.5. The molecule has 1 heterocycles. The van der Waals surface area contributed by atoms with Gasteiger partial charge in [0, 0.05) is 5.39 Å². The molecular weight excluding hydrogens is 422 g/mol. The summed E-state index contributed by atoms with van der Waals surface area (Å²) in [6, 6.07) is 9.24. The number of ketones is 1. The minimum atomic E-state index is -3.79. The van der Waals surface area contributed by atoms with Gasteiger partial charge >= 0.3 is 0 Å². The molecule has 0 amide bonds. The summed E-state index contributed by atoms with van der Waals surface area (Å²) in [7, 11) is -2.28. The van der Waals surface area contributed by atoms with Crippen LogP contribution in [0.15, 0.2) is 50.2 Å². The van der Waals surface area contributed by atoms with E-state index < -0.39 is 10.0 Å². The van der Waals surface area contributed by atoms with Gasteiger partial charge in [-0.15, -0.1) is 0 Å². The number of Topliss-reactive ketones (excluding diaryl/α,β-unsaturated/α-hetero) is 1. The Balaban J connectivity index is 2.05. The molecule has 0 spiro atoms. The van der Waals surface area contributed by atoms with Gasteiger partial charge < -0.3 is 9.15 Å². The highest BCUT2D eigenvalue weighted by Gasteiger charge is 2.20. The third-order valence-corrected chi connectivity index (χ3v) is 5.88. The van der Waals surface area contributed by atoms with Crippen LogP contribution in [0.2, 0.25) is 0 Å². The molecule has 2 aromatic carbocycles. The molecule has 3 aromatic rings. The van der Waals surface area contributed by atoms with Crippen LogP contribution in [-0.4, -0.2) is 21.3 Å². The number of methoxy groups -OCH3 is 1. The standard InChI is InChI=1S/C18H16BrNO5S/c1-10(21)17-11(2)25-18-15(17)8-12(9-16(18)19)20-26(22,23)14-6-4-13(24-3)5-7-14/h4-9,20H,1-3H3. The van der Waals surface area contributed by atoms with E-state index in [4.69, 9.17) is 9.15 Å². The van der Waals surface area contributed by atoms with E-state index >= 15 is 0 Å². The number of aryl methyl sites for hydroxylation is 1. The number of carbonyl (C=O) groups is 1. The van der Waals surface area contributed by atoms with Crippen LogP contribution in [0.25, 0.3) is 11.0 Å². The fourth-order valence-electron chi connectivity index (χ4n) is 2.74. The maximum atomic E-state index is 12.6. The number of carbonyl (C=O) groups excluding carboxylic acids is 1. The SMILES string of the molecule is COc1ccc(S(=O)(=O)Nc2cc(Br)c3oc(C)c(C(C)=O)c3c2)cc1. The van der Waals surface area contributed by atoms with Crippen molar-refractivity contribution in [1.82, 2.24) is 0 Å². The molecule has 8 heteroatoms. The van der Waals surface area contributed by atoms with E-state index in [1.54, 1.807) is 31.2 Å². The molecule has 6 nitrogen and oxygen atoms in total. The third kappa shape index (κ3) is 3.34. The Labute approximate surface area is 159 Å². The summed E-state index contributed by atoms with van der Waals surface area (Å²) < 4.78 is 39.0. The van der Waals surface area contributed by atoms with E-state index in [2.05, 4.69) is 20.7 Å². The average Bonchev–Trinajstić information content (AvgIpc) is 2.91. The zero-order valence-corrected chi connectivity index (χ0v) is 16.7. The van der Waals surface area contributed by atoms with Crippen molar-refractivity contribution >= 4 is 48.4 Å². The number of benzene rings is 2. The Morgan fingerprint density at radius 1 is 1.19 bits per heavy atom. The molecule has 0 fully saturated rings. The predicted molar refractivity (Wildman–Crippen MR) is 102 cm³/mol. The van der Waals surface area contributed by atoms with Crippen molar-refractivity contribution in [3.05, 3.63) is 52.2 Å². The van der Waals surface area contributed by atoms with Gasteiger partial charge in [-0.2, -0.15) is 0 Å². The molecule has 0 saturated carbocycles. The van der Waals surface area contributed by atoms with Gasteiger partial charge in [-0.05, 0) is 66.2 Å². The lowest BCUT2D eigenvalue weighted by molar-refractivity contribution is 0.101. The van der Waals surface area contributed by atoms with Crippen LogP contribution < -0.4 is 9.46 Å². The van der Waals surface area contributed by atoms with Crippen LogP contribution in [0.3, 0.4) is 0 Å². The Bertz CT molecular complexity index is 1100. The fourth-order valence-corrected chi connectivity index (χ4v) is 4.32. The quantitative estimate of drug-likeness (QED) is 0.593. The number of hydrogen-bond donors (Lipinski definition) is 1. The summed E-state index contributed by atoms with van der Waals surface area (Å²) >= 11 is 3.37. The van der Waals surface area contributed by atoms with Crippen LogP contribution in [0.4, 0.5) is 5.69 Å². The van der Waals surface area contributed by atoms with Gasteiger partial charge in [-0.1, -0.05) is 0 Å².